The molecule has 2 aromatic rings. The lowest BCUT2D eigenvalue weighted by atomic mass is 9.99. The van der Waals surface area contributed by atoms with Gasteiger partial charge in [0.25, 0.3) is 0 Å². The van der Waals surface area contributed by atoms with Gasteiger partial charge in [-0.25, -0.2) is 4.98 Å². The van der Waals surface area contributed by atoms with Crippen molar-refractivity contribution in [2.75, 3.05) is 7.11 Å². The summed E-state index contributed by atoms with van der Waals surface area (Å²) in [7, 11) is 1.69. The summed E-state index contributed by atoms with van der Waals surface area (Å²) < 4.78 is 7.26. The number of hydrogen-bond donors (Lipinski definition) is 1. The third-order valence-electron chi connectivity index (χ3n) is 3.30. The largest absolute Gasteiger partial charge is 0.387 e. The molecule has 2 heterocycles. The molecule has 1 unspecified atom stereocenters. The maximum absolute atomic E-state index is 10.1. The van der Waals surface area contributed by atoms with Crippen LogP contribution in [0.4, 0.5) is 0 Å². The number of imidazole rings is 1. The van der Waals surface area contributed by atoms with Crippen molar-refractivity contribution in [2.45, 2.75) is 38.4 Å². The Bertz CT molecular complexity index is 486. The van der Waals surface area contributed by atoms with Crippen molar-refractivity contribution in [3.8, 4) is 0 Å². The maximum Gasteiger partial charge on any atom is 0.137 e. The number of aliphatic hydroxyl groups is 1. The summed E-state index contributed by atoms with van der Waals surface area (Å²) in [6, 6.07) is 5.81. The van der Waals surface area contributed by atoms with Crippen LogP contribution in [0.15, 0.2) is 30.6 Å². The molecular formula is C14H20N2O2. The van der Waals surface area contributed by atoms with E-state index in [9.17, 15) is 5.11 Å². The zero-order chi connectivity index (χ0) is 13.2. The highest BCUT2D eigenvalue weighted by molar-refractivity contribution is 5.39. The smallest absolute Gasteiger partial charge is 0.137 e. The zero-order valence-electron chi connectivity index (χ0n) is 11.1. The van der Waals surface area contributed by atoms with Crippen molar-refractivity contribution in [2.24, 2.45) is 0 Å². The first-order valence-corrected chi connectivity index (χ1v) is 6.19. The van der Waals surface area contributed by atoms with E-state index in [1.54, 1.807) is 7.11 Å². The van der Waals surface area contributed by atoms with Crippen LogP contribution in [0.25, 0.3) is 5.65 Å². The number of nitrogens with zero attached hydrogens (tertiary/aromatic N) is 2. The van der Waals surface area contributed by atoms with E-state index in [-0.39, 0.29) is 5.60 Å². The lowest BCUT2D eigenvalue weighted by molar-refractivity contribution is 0.00246. The summed E-state index contributed by atoms with van der Waals surface area (Å²) in [5.74, 6) is 0. The van der Waals surface area contributed by atoms with Crippen LogP contribution in [0.1, 0.15) is 38.5 Å². The highest BCUT2D eigenvalue weighted by Gasteiger charge is 2.20. The fourth-order valence-corrected chi connectivity index (χ4v) is 1.85. The Morgan fingerprint density at radius 2 is 2.22 bits per heavy atom. The summed E-state index contributed by atoms with van der Waals surface area (Å²) >= 11 is 0. The Morgan fingerprint density at radius 3 is 2.89 bits per heavy atom. The van der Waals surface area contributed by atoms with Crippen LogP contribution in [0, 0.1) is 0 Å². The lowest BCUT2D eigenvalue weighted by Crippen LogP contribution is -2.23. The number of aromatic nitrogens is 2. The number of fused-ring (bicyclic) bond motifs is 1. The zero-order valence-corrected chi connectivity index (χ0v) is 11.1. The van der Waals surface area contributed by atoms with Crippen molar-refractivity contribution in [3.05, 3.63) is 36.3 Å². The van der Waals surface area contributed by atoms with E-state index in [0.717, 1.165) is 12.1 Å². The van der Waals surface area contributed by atoms with E-state index in [1.807, 2.05) is 48.8 Å². The van der Waals surface area contributed by atoms with Crippen LogP contribution in [-0.2, 0) is 4.74 Å². The van der Waals surface area contributed by atoms with Gasteiger partial charge in [-0.3, -0.25) is 0 Å². The van der Waals surface area contributed by atoms with Gasteiger partial charge in [0.05, 0.1) is 17.4 Å². The molecule has 0 spiro atoms. The molecule has 0 saturated heterocycles. The fraction of sp³-hybridized carbons (Fsp3) is 0.500. The molecule has 0 aromatic carbocycles. The summed E-state index contributed by atoms with van der Waals surface area (Å²) in [5, 5.41) is 10.1. The predicted octanol–water partition coefficient (Wildman–Crippen LogP) is 2.57. The van der Waals surface area contributed by atoms with E-state index in [1.165, 1.54) is 0 Å². The van der Waals surface area contributed by atoms with Crippen molar-refractivity contribution in [1.29, 1.82) is 0 Å². The molecule has 4 heteroatoms. The number of rotatable bonds is 5. The second-order valence-electron chi connectivity index (χ2n) is 5.15. The van der Waals surface area contributed by atoms with Gasteiger partial charge in [-0.2, -0.15) is 0 Å². The number of hydrogen-bond acceptors (Lipinski definition) is 3. The molecule has 0 aliphatic carbocycles. The van der Waals surface area contributed by atoms with Gasteiger partial charge in [-0.1, -0.05) is 6.07 Å². The molecular weight excluding hydrogens is 228 g/mol. The third-order valence-corrected chi connectivity index (χ3v) is 3.30. The van der Waals surface area contributed by atoms with Gasteiger partial charge in [0.15, 0.2) is 0 Å². The van der Waals surface area contributed by atoms with Gasteiger partial charge >= 0.3 is 0 Å². The third kappa shape index (κ3) is 2.89. The molecule has 2 rings (SSSR count). The van der Waals surface area contributed by atoms with Crippen molar-refractivity contribution >= 4 is 5.65 Å². The molecule has 2 aromatic heterocycles. The fourth-order valence-electron chi connectivity index (χ4n) is 1.85. The molecule has 1 atom stereocenters. The monoisotopic (exact) mass is 248 g/mol. The first-order valence-electron chi connectivity index (χ1n) is 6.19. The van der Waals surface area contributed by atoms with Gasteiger partial charge in [0, 0.05) is 19.5 Å². The quantitative estimate of drug-likeness (QED) is 0.884. The van der Waals surface area contributed by atoms with Crippen LogP contribution in [-0.4, -0.2) is 27.2 Å². The van der Waals surface area contributed by atoms with Gasteiger partial charge in [0.1, 0.15) is 5.65 Å². The molecule has 0 saturated carbocycles. The van der Waals surface area contributed by atoms with E-state index in [2.05, 4.69) is 4.98 Å². The molecule has 0 fully saturated rings. The van der Waals surface area contributed by atoms with Gasteiger partial charge in [-0.05, 0) is 38.8 Å². The Balaban J connectivity index is 2.07. The molecule has 0 radical (unpaired) electrons. The average Bonchev–Trinajstić information content (AvgIpc) is 2.80. The molecule has 0 bridgehead atoms. The summed E-state index contributed by atoms with van der Waals surface area (Å²) in [6.07, 6.45) is 4.69. The maximum atomic E-state index is 10.1. The lowest BCUT2D eigenvalue weighted by Gasteiger charge is -2.23. The normalized spacial score (nSPS) is 14.0. The summed E-state index contributed by atoms with van der Waals surface area (Å²) in [5.41, 5.74) is 1.37. The van der Waals surface area contributed by atoms with E-state index < -0.39 is 6.10 Å². The van der Waals surface area contributed by atoms with Gasteiger partial charge < -0.3 is 14.2 Å². The molecule has 98 valence electrons. The van der Waals surface area contributed by atoms with E-state index >= 15 is 0 Å². The SMILES string of the molecule is COC(C)(C)CCC(O)c1cn2ccccc2n1. The Morgan fingerprint density at radius 1 is 1.44 bits per heavy atom. The first-order chi connectivity index (χ1) is 8.52. The highest BCUT2D eigenvalue weighted by Crippen LogP contribution is 2.24. The first kappa shape index (κ1) is 13.1. The van der Waals surface area contributed by atoms with E-state index in [0.29, 0.717) is 12.1 Å². The van der Waals surface area contributed by atoms with Crippen molar-refractivity contribution < 1.29 is 9.84 Å². The Kier molecular flexibility index (Phi) is 3.68. The summed E-state index contributed by atoms with van der Waals surface area (Å²) in [4.78, 5) is 4.41. The average molecular weight is 248 g/mol. The van der Waals surface area contributed by atoms with Crippen LogP contribution in [0.3, 0.4) is 0 Å². The molecule has 18 heavy (non-hydrogen) atoms. The molecule has 0 aliphatic heterocycles. The topological polar surface area (TPSA) is 46.8 Å². The predicted molar refractivity (Wildman–Crippen MR) is 70.5 cm³/mol. The van der Waals surface area contributed by atoms with Gasteiger partial charge in [-0.15, -0.1) is 0 Å². The van der Waals surface area contributed by atoms with Crippen LogP contribution in [0.5, 0.6) is 0 Å². The van der Waals surface area contributed by atoms with Crippen molar-refractivity contribution in [3.63, 3.8) is 0 Å². The standard InChI is InChI=1S/C14H20N2O2/c1-14(2,18-3)8-7-12(17)11-10-16-9-5-4-6-13(16)15-11/h4-6,9-10,12,17H,7-8H2,1-3H3. The van der Waals surface area contributed by atoms with E-state index in [4.69, 9.17) is 4.74 Å². The van der Waals surface area contributed by atoms with Crippen molar-refractivity contribution in [1.82, 2.24) is 9.38 Å². The number of pyridine rings is 1. The Hall–Kier alpha value is -1.39. The number of aliphatic hydroxyl groups excluding tert-OH is 1. The Labute approximate surface area is 107 Å². The summed E-state index contributed by atoms with van der Waals surface area (Å²) in [6.45, 7) is 4.03. The number of methoxy groups -OCH3 is 1. The minimum atomic E-state index is -0.542. The second-order valence-corrected chi connectivity index (χ2v) is 5.15. The van der Waals surface area contributed by atoms with Crippen LogP contribution >= 0.6 is 0 Å². The minimum Gasteiger partial charge on any atom is -0.387 e. The van der Waals surface area contributed by atoms with Gasteiger partial charge in [0.2, 0.25) is 0 Å². The molecule has 0 amide bonds. The molecule has 4 nitrogen and oxygen atoms in total. The molecule has 1 N–H and O–H groups in total. The highest BCUT2D eigenvalue weighted by atomic mass is 16.5. The van der Waals surface area contributed by atoms with Crippen LogP contribution < -0.4 is 0 Å². The minimum absolute atomic E-state index is 0.208. The number of ether oxygens (including phenoxy) is 1. The van der Waals surface area contributed by atoms with Crippen LogP contribution in [0.2, 0.25) is 0 Å². The molecule has 0 aliphatic rings. The second kappa shape index (κ2) is 5.08.